The summed E-state index contributed by atoms with van der Waals surface area (Å²) in [6, 6.07) is 8.80. The molecule has 0 bridgehead atoms. The second kappa shape index (κ2) is 7.95. The summed E-state index contributed by atoms with van der Waals surface area (Å²) in [5.41, 5.74) is 7.14. The fraction of sp³-hybridized carbons (Fsp3) is 0.0952. The molecule has 0 spiro atoms. The molecule has 3 N–H and O–H groups in total. The zero-order valence-electron chi connectivity index (χ0n) is 17.0. The van der Waals surface area contributed by atoms with Crippen LogP contribution in [0.3, 0.4) is 0 Å². The molecule has 1 amide bonds. The first-order valence-corrected chi connectivity index (χ1v) is 9.29. The molecule has 0 unspecified atom stereocenters. The van der Waals surface area contributed by atoms with E-state index in [0.29, 0.717) is 16.8 Å². The van der Waals surface area contributed by atoms with Crippen LogP contribution in [0.5, 0.6) is 5.75 Å². The number of halogens is 1. The van der Waals surface area contributed by atoms with E-state index < -0.39 is 22.3 Å². The molecule has 0 atom stereocenters. The number of nitro groups is 1. The van der Waals surface area contributed by atoms with Gasteiger partial charge in [-0.1, -0.05) is 0 Å². The van der Waals surface area contributed by atoms with Gasteiger partial charge >= 0.3 is 5.69 Å². The number of rotatable bonds is 6. The number of carbonyl (C=O) groups is 1. The van der Waals surface area contributed by atoms with Crippen LogP contribution in [0.2, 0.25) is 0 Å². The Morgan fingerprint density at radius 1 is 1.28 bits per heavy atom. The lowest BCUT2D eigenvalue weighted by Gasteiger charge is -2.12. The van der Waals surface area contributed by atoms with Crippen molar-refractivity contribution in [3.63, 3.8) is 0 Å². The Hall–Kier alpha value is -4.54. The Labute approximate surface area is 180 Å². The van der Waals surface area contributed by atoms with Gasteiger partial charge < -0.3 is 20.4 Å². The van der Waals surface area contributed by atoms with E-state index in [2.05, 4.69) is 15.3 Å². The first-order valence-electron chi connectivity index (χ1n) is 9.29. The maximum atomic E-state index is 13.9. The summed E-state index contributed by atoms with van der Waals surface area (Å²) in [6.07, 6.45) is 3.34. The summed E-state index contributed by atoms with van der Waals surface area (Å²) in [5, 5.41) is 14.8. The lowest BCUT2D eigenvalue weighted by atomic mass is 10.0. The maximum absolute atomic E-state index is 13.9. The monoisotopic (exact) mass is 436 g/mol. The number of nitrogens with two attached hydrogens (primary N) is 1. The van der Waals surface area contributed by atoms with Crippen LogP contribution in [0.15, 0.2) is 48.8 Å². The number of nitro benzene ring substituents is 1. The first kappa shape index (κ1) is 20.7. The molecule has 2 heterocycles. The summed E-state index contributed by atoms with van der Waals surface area (Å²) in [4.78, 5) is 30.7. The highest BCUT2D eigenvalue weighted by molar-refractivity contribution is 6.03. The van der Waals surface area contributed by atoms with Gasteiger partial charge in [-0.2, -0.15) is 4.39 Å². The number of primary amides is 1. The van der Waals surface area contributed by atoms with Crippen LogP contribution in [-0.4, -0.2) is 32.5 Å². The van der Waals surface area contributed by atoms with E-state index in [-0.39, 0.29) is 17.4 Å². The van der Waals surface area contributed by atoms with Crippen LogP contribution in [0.1, 0.15) is 10.4 Å². The predicted molar refractivity (Wildman–Crippen MR) is 115 cm³/mol. The Morgan fingerprint density at radius 3 is 2.75 bits per heavy atom. The van der Waals surface area contributed by atoms with E-state index in [1.54, 1.807) is 18.2 Å². The molecule has 0 fully saturated rings. The topological polar surface area (TPSA) is 138 Å². The number of aromatic nitrogens is 3. The van der Waals surface area contributed by atoms with Gasteiger partial charge in [0.05, 0.1) is 23.4 Å². The molecule has 2 aromatic carbocycles. The lowest BCUT2D eigenvalue weighted by Crippen LogP contribution is -2.11. The average molecular weight is 436 g/mol. The third-order valence-corrected chi connectivity index (χ3v) is 4.93. The molecule has 0 aliphatic carbocycles. The Kier molecular flexibility index (Phi) is 5.15. The molecule has 4 rings (SSSR count). The number of hydrogen-bond acceptors (Lipinski definition) is 7. The van der Waals surface area contributed by atoms with E-state index in [1.807, 2.05) is 23.9 Å². The molecule has 162 valence electrons. The van der Waals surface area contributed by atoms with Gasteiger partial charge in [0.15, 0.2) is 0 Å². The van der Waals surface area contributed by atoms with Crippen LogP contribution in [0.4, 0.5) is 21.7 Å². The van der Waals surface area contributed by atoms with Crippen molar-refractivity contribution >= 4 is 34.1 Å². The Morgan fingerprint density at radius 2 is 2.06 bits per heavy atom. The lowest BCUT2D eigenvalue weighted by molar-refractivity contribution is -0.387. The minimum Gasteiger partial charge on any atom is -0.494 e. The second-order valence-electron chi connectivity index (χ2n) is 6.90. The van der Waals surface area contributed by atoms with Crippen molar-refractivity contribution in [3.05, 3.63) is 70.3 Å². The van der Waals surface area contributed by atoms with Gasteiger partial charge in [-0.15, -0.1) is 0 Å². The van der Waals surface area contributed by atoms with Crippen molar-refractivity contribution in [1.82, 2.24) is 14.5 Å². The highest BCUT2D eigenvalue weighted by Gasteiger charge is 2.20. The highest BCUT2D eigenvalue weighted by atomic mass is 19.1. The van der Waals surface area contributed by atoms with Gasteiger partial charge in [-0.3, -0.25) is 14.9 Å². The molecule has 4 aromatic rings. The number of ether oxygens (including phenoxy) is 1. The number of methoxy groups -OCH3 is 1. The minimum absolute atomic E-state index is 0.0447. The van der Waals surface area contributed by atoms with E-state index in [9.17, 15) is 19.3 Å². The molecule has 0 aliphatic heterocycles. The fourth-order valence-electron chi connectivity index (χ4n) is 3.37. The minimum atomic E-state index is -1.03. The third-order valence-electron chi connectivity index (χ3n) is 4.93. The molecule has 2 aromatic heterocycles. The fourth-order valence-corrected chi connectivity index (χ4v) is 3.37. The number of hydrogen-bond donors (Lipinski definition) is 2. The SMILES string of the molecule is COc1cc(F)c([N+](=O)[O-])cc1Nc1nccc(-c2cc(C(N)=O)cc3c2ccn3C)n1. The normalized spacial score (nSPS) is 10.8. The number of carbonyl (C=O) groups excluding carboxylic acids is 1. The molecule has 0 radical (unpaired) electrons. The van der Waals surface area contributed by atoms with E-state index in [4.69, 9.17) is 10.5 Å². The Bertz CT molecular complexity index is 1380. The number of fused-ring (bicyclic) bond motifs is 1. The highest BCUT2D eigenvalue weighted by Crippen LogP contribution is 2.34. The summed E-state index contributed by atoms with van der Waals surface area (Å²) < 4.78 is 20.9. The number of amides is 1. The van der Waals surface area contributed by atoms with Gasteiger partial charge in [0.1, 0.15) is 5.75 Å². The summed E-state index contributed by atoms with van der Waals surface area (Å²) in [6.45, 7) is 0. The second-order valence-corrected chi connectivity index (χ2v) is 6.90. The van der Waals surface area contributed by atoms with Crippen molar-refractivity contribution in [3.8, 4) is 17.0 Å². The maximum Gasteiger partial charge on any atom is 0.307 e. The number of nitrogens with one attached hydrogen (secondary N) is 1. The van der Waals surface area contributed by atoms with Gasteiger partial charge in [0, 0.05) is 53.6 Å². The van der Waals surface area contributed by atoms with Gasteiger partial charge in [-0.25, -0.2) is 9.97 Å². The molecule has 0 aliphatic rings. The molecule has 0 saturated heterocycles. The van der Waals surface area contributed by atoms with Crippen LogP contribution in [0.25, 0.3) is 22.2 Å². The number of anilines is 2. The summed E-state index contributed by atoms with van der Waals surface area (Å²) in [7, 11) is 3.15. The van der Waals surface area contributed by atoms with E-state index in [1.165, 1.54) is 13.3 Å². The van der Waals surface area contributed by atoms with Crippen molar-refractivity contribution < 1.29 is 18.8 Å². The van der Waals surface area contributed by atoms with E-state index >= 15 is 0 Å². The van der Waals surface area contributed by atoms with Crippen LogP contribution in [-0.2, 0) is 7.05 Å². The van der Waals surface area contributed by atoms with Gasteiger partial charge in [0.25, 0.3) is 0 Å². The molecular weight excluding hydrogens is 419 g/mol. The van der Waals surface area contributed by atoms with Crippen LogP contribution in [0, 0.1) is 15.9 Å². The van der Waals surface area contributed by atoms with Gasteiger partial charge in [-0.05, 0) is 24.3 Å². The largest absolute Gasteiger partial charge is 0.494 e. The van der Waals surface area contributed by atoms with Crippen molar-refractivity contribution in [1.29, 1.82) is 0 Å². The standard InChI is InChI=1S/C21H17FN6O4/c1-27-6-4-12-13(7-11(20(23)29)8-17(12)27)15-3-5-24-21(25-15)26-16-10-18(28(30)31)14(22)9-19(16)32-2/h3-10H,1-2H3,(H2,23,29)(H,24,25,26). The van der Waals surface area contributed by atoms with Crippen LogP contribution < -0.4 is 15.8 Å². The summed E-state index contributed by atoms with van der Waals surface area (Å²) >= 11 is 0. The van der Waals surface area contributed by atoms with Crippen LogP contribution >= 0.6 is 0 Å². The van der Waals surface area contributed by atoms with Gasteiger partial charge in [0.2, 0.25) is 17.7 Å². The molecule has 11 heteroatoms. The molecular formula is C21H17FN6O4. The van der Waals surface area contributed by atoms with Crippen molar-refractivity contribution in [2.75, 3.05) is 12.4 Å². The summed E-state index contributed by atoms with van der Waals surface area (Å²) in [5.74, 6) is -1.47. The number of aryl methyl sites for hydroxylation is 1. The average Bonchev–Trinajstić information content (AvgIpc) is 3.14. The number of benzene rings is 2. The van der Waals surface area contributed by atoms with E-state index in [0.717, 1.165) is 23.0 Å². The van der Waals surface area contributed by atoms with Crippen molar-refractivity contribution in [2.24, 2.45) is 12.8 Å². The Balaban J connectivity index is 1.80. The zero-order valence-corrected chi connectivity index (χ0v) is 17.0. The zero-order chi connectivity index (χ0) is 23.0. The smallest absolute Gasteiger partial charge is 0.307 e. The predicted octanol–water partition coefficient (Wildman–Crippen LogP) is 3.53. The third kappa shape index (κ3) is 3.67. The molecule has 10 nitrogen and oxygen atoms in total. The molecule has 0 saturated carbocycles. The van der Waals surface area contributed by atoms with Crippen molar-refractivity contribution in [2.45, 2.75) is 0 Å². The number of nitrogens with zero attached hydrogens (tertiary/aromatic N) is 4. The first-order chi connectivity index (χ1) is 15.3. The molecule has 32 heavy (non-hydrogen) atoms. The quantitative estimate of drug-likeness (QED) is 0.348.